The van der Waals surface area contributed by atoms with Crippen LogP contribution in [0.15, 0.2) is 72.8 Å². The first-order chi connectivity index (χ1) is 24.4. The molecular weight excluding hydrogens is 638 g/mol. The minimum absolute atomic E-state index is 0.142. The lowest BCUT2D eigenvalue weighted by Gasteiger charge is -2.28. The van der Waals surface area contributed by atoms with Crippen molar-refractivity contribution in [1.82, 2.24) is 20.2 Å². The smallest absolute Gasteiger partial charge is 0.418 e. The number of nitrogens with one attached hydrogen (secondary N) is 2. The van der Waals surface area contributed by atoms with Crippen molar-refractivity contribution in [2.24, 2.45) is 0 Å². The van der Waals surface area contributed by atoms with E-state index in [0.717, 1.165) is 42.6 Å². The molecule has 12 nitrogen and oxygen atoms in total. The number of esters is 1. The number of carbonyl (C=O) groups is 3. The number of allylic oxidation sites excluding steroid dienone is 2. The topological polar surface area (TPSA) is 134 Å². The molecule has 0 aliphatic carbocycles. The first-order valence-electron chi connectivity index (χ1n) is 17.4. The van der Waals surface area contributed by atoms with Gasteiger partial charge in [-0.3, -0.25) is 9.69 Å². The number of urea groups is 1. The number of fused-ring (bicyclic) bond motifs is 1. The Morgan fingerprint density at radius 2 is 1.74 bits per heavy atom. The lowest BCUT2D eigenvalue weighted by atomic mass is 10.1. The SMILES string of the molecule is CCOC(=O)C1CCC=CCCCCCN(Cc2ccc(OC)cc2)C(=O)[NH+]2CC(Oc3cc(-c4ccccc4)nc(OC)n3)CC2C(=O)N1. The molecule has 4 atom stereocenters. The number of methoxy groups -OCH3 is 2. The number of hydrogen-bond acceptors (Lipinski definition) is 9. The molecule has 5 rings (SSSR count). The maximum absolute atomic E-state index is 14.5. The Morgan fingerprint density at radius 3 is 2.48 bits per heavy atom. The Balaban J connectivity index is 1.45. The van der Waals surface area contributed by atoms with Gasteiger partial charge in [0.15, 0.2) is 12.1 Å². The molecule has 0 radical (unpaired) electrons. The molecule has 1 saturated heterocycles. The number of amides is 3. The van der Waals surface area contributed by atoms with E-state index in [1.165, 1.54) is 7.11 Å². The summed E-state index contributed by atoms with van der Waals surface area (Å²) in [5, 5.41) is 2.93. The molecule has 266 valence electrons. The van der Waals surface area contributed by atoms with Gasteiger partial charge >= 0.3 is 18.0 Å². The summed E-state index contributed by atoms with van der Waals surface area (Å²) in [6.45, 7) is 3.06. The molecular formula is C38H48N5O7+. The Hall–Kier alpha value is -4.97. The number of quaternary nitrogens is 1. The summed E-state index contributed by atoms with van der Waals surface area (Å²) in [6.07, 6.45) is 8.54. The van der Waals surface area contributed by atoms with E-state index >= 15 is 0 Å². The second-order valence-corrected chi connectivity index (χ2v) is 12.5. The van der Waals surface area contributed by atoms with Crippen LogP contribution in [0, 0.1) is 0 Å². The molecule has 2 aliphatic rings. The maximum atomic E-state index is 14.5. The van der Waals surface area contributed by atoms with Crippen LogP contribution in [0.3, 0.4) is 0 Å². The van der Waals surface area contributed by atoms with Gasteiger partial charge in [-0.2, -0.15) is 9.97 Å². The molecule has 50 heavy (non-hydrogen) atoms. The fraction of sp³-hybridized carbons (Fsp3) is 0.447. The van der Waals surface area contributed by atoms with E-state index in [9.17, 15) is 14.4 Å². The molecule has 1 fully saturated rings. The van der Waals surface area contributed by atoms with E-state index in [-0.39, 0.29) is 37.5 Å². The van der Waals surface area contributed by atoms with Gasteiger partial charge in [-0.15, -0.1) is 0 Å². The molecule has 2 aliphatic heterocycles. The van der Waals surface area contributed by atoms with Crippen LogP contribution in [0.25, 0.3) is 11.3 Å². The summed E-state index contributed by atoms with van der Waals surface area (Å²) in [6, 6.07) is 17.3. The summed E-state index contributed by atoms with van der Waals surface area (Å²) in [5.41, 5.74) is 2.43. The molecule has 2 N–H and O–H groups in total. The van der Waals surface area contributed by atoms with Crippen molar-refractivity contribution >= 4 is 17.9 Å². The van der Waals surface area contributed by atoms with Crippen LogP contribution >= 0.6 is 0 Å². The molecule has 0 saturated carbocycles. The standard InChI is InChI=1S/C38H47N5O7/c1-4-49-36(45)31-17-13-8-6-5-7-9-14-22-42(25-27-18-20-29(47-2)21-19-27)38(46)43-26-30(23-33(43)35(44)39-31)50-34-24-32(40-37(41-34)48-3)28-15-11-10-12-16-28/h6,8,10-12,15-16,18-21,24,30-31,33H,4-5,7,9,13-14,17,22-23,25-26H2,1-3H3,(H,39,44)/p+1. The van der Waals surface area contributed by atoms with Gasteiger partial charge in [0.2, 0.25) is 5.88 Å². The van der Waals surface area contributed by atoms with Crippen molar-refractivity contribution in [3.63, 3.8) is 0 Å². The van der Waals surface area contributed by atoms with Gasteiger partial charge in [-0.1, -0.05) is 61.0 Å². The van der Waals surface area contributed by atoms with Crippen molar-refractivity contribution in [2.75, 3.05) is 33.9 Å². The zero-order chi connectivity index (χ0) is 35.3. The highest BCUT2D eigenvalue weighted by Crippen LogP contribution is 2.25. The van der Waals surface area contributed by atoms with Crippen LogP contribution in [-0.2, 0) is 20.9 Å². The largest absolute Gasteiger partial charge is 0.497 e. The van der Waals surface area contributed by atoms with Crippen molar-refractivity contribution in [3.05, 3.63) is 78.4 Å². The second kappa shape index (κ2) is 18.1. The first-order valence-corrected chi connectivity index (χ1v) is 17.4. The molecule has 2 aromatic carbocycles. The fourth-order valence-corrected chi connectivity index (χ4v) is 6.36. The third kappa shape index (κ3) is 9.81. The van der Waals surface area contributed by atoms with Gasteiger partial charge in [0.25, 0.3) is 5.91 Å². The molecule has 0 spiro atoms. The number of carbonyl (C=O) groups excluding carboxylic acids is 3. The molecule has 3 amide bonds. The molecule has 3 heterocycles. The van der Waals surface area contributed by atoms with Gasteiger partial charge in [0.1, 0.15) is 18.3 Å². The molecule has 3 aromatic rings. The quantitative estimate of drug-likeness (QED) is 0.252. The number of aromatic nitrogens is 2. The van der Waals surface area contributed by atoms with E-state index in [2.05, 4.69) is 27.4 Å². The summed E-state index contributed by atoms with van der Waals surface area (Å²) in [4.78, 5) is 52.7. The zero-order valence-electron chi connectivity index (χ0n) is 29.1. The van der Waals surface area contributed by atoms with Crippen LogP contribution < -0.4 is 24.4 Å². The van der Waals surface area contributed by atoms with Gasteiger partial charge in [-0.25, -0.2) is 14.5 Å². The molecule has 12 heteroatoms. The van der Waals surface area contributed by atoms with E-state index < -0.39 is 30.1 Å². The van der Waals surface area contributed by atoms with Crippen molar-refractivity contribution in [1.29, 1.82) is 0 Å². The van der Waals surface area contributed by atoms with Crippen LogP contribution in [0.4, 0.5) is 4.79 Å². The third-order valence-corrected chi connectivity index (χ3v) is 8.97. The Morgan fingerprint density at radius 1 is 0.960 bits per heavy atom. The molecule has 1 aromatic heterocycles. The normalized spacial score (nSPS) is 21.9. The van der Waals surface area contributed by atoms with Gasteiger partial charge in [0.05, 0.1) is 39.5 Å². The number of benzene rings is 2. The monoisotopic (exact) mass is 686 g/mol. The lowest BCUT2D eigenvalue weighted by molar-refractivity contribution is -0.824. The average Bonchev–Trinajstić information content (AvgIpc) is 3.56. The fourth-order valence-electron chi connectivity index (χ4n) is 6.36. The van der Waals surface area contributed by atoms with Crippen molar-refractivity contribution in [2.45, 2.75) is 76.6 Å². The van der Waals surface area contributed by atoms with Crippen LogP contribution in [0.2, 0.25) is 0 Å². The number of hydrogen-bond donors (Lipinski definition) is 2. The number of ether oxygens (including phenoxy) is 4. The summed E-state index contributed by atoms with van der Waals surface area (Å²) in [7, 11) is 3.11. The molecule has 4 unspecified atom stereocenters. The van der Waals surface area contributed by atoms with Gasteiger partial charge in [0, 0.05) is 18.2 Å². The second-order valence-electron chi connectivity index (χ2n) is 12.5. The van der Waals surface area contributed by atoms with Crippen molar-refractivity contribution < 1.29 is 38.2 Å². The van der Waals surface area contributed by atoms with Gasteiger partial charge < -0.3 is 24.3 Å². The highest BCUT2D eigenvalue weighted by molar-refractivity contribution is 5.88. The maximum Gasteiger partial charge on any atom is 0.418 e. The summed E-state index contributed by atoms with van der Waals surface area (Å²) in [5.74, 6) is 0.120. The average molecular weight is 687 g/mol. The minimum Gasteiger partial charge on any atom is -0.497 e. The Labute approximate surface area is 293 Å². The van der Waals surface area contributed by atoms with Crippen LogP contribution in [0.5, 0.6) is 17.6 Å². The van der Waals surface area contributed by atoms with Crippen LogP contribution in [-0.4, -0.2) is 84.9 Å². The lowest BCUT2D eigenvalue weighted by Crippen LogP contribution is -3.19. The van der Waals surface area contributed by atoms with E-state index in [4.69, 9.17) is 18.9 Å². The summed E-state index contributed by atoms with van der Waals surface area (Å²) >= 11 is 0. The van der Waals surface area contributed by atoms with Gasteiger partial charge in [-0.05, 0) is 56.7 Å². The number of rotatable bonds is 9. The first kappa shape index (κ1) is 36.3. The van der Waals surface area contributed by atoms with Crippen LogP contribution in [0.1, 0.15) is 57.4 Å². The number of nitrogens with zero attached hydrogens (tertiary/aromatic N) is 3. The Bertz CT molecular complexity index is 1600. The van der Waals surface area contributed by atoms with E-state index in [1.54, 1.807) is 20.1 Å². The zero-order valence-corrected chi connectivity index (χ0v) is 29.1. The highest BCUT2D eigenvalue weighted by atomic mass is 16.5. The third-order valence-electron chi connectivity index (χ3n) is 8.97. The Kier molecular flexibility index (Phi) is 13.2. The van der Waals surface area contributed by atoms with Crippen molar-refractivity contribution in [3.8, 4) is 28.9 Å². The van der Waals surface area contributed by atoms with E-state index in [0.29, 0.717) is 36.5 Å². The predicted octanol–water partition coefficient (Wildman–Crippen LogP) is 4.15. The minimum atomic E-state index is -0.841. The molecule has 0 bridgehead atoms. The summed E-state index contributed by atoms with van der Waals surface area (Å²) < 4.78 is 22.4. The predicted molar refractivity (Wildman–Crippen MR) is 187 cm³/mol. The van der Waals surface area contributed by atoms with E-state index in [1.807, 2.05) is 59.5 Å². The highest BCUT2D eigenvalue weighted by Gasteiger charge is 2.48.